The van der Waals surface area contributed by atoms with Crippen LogP contribution in [0.3, 0.4) is 0 Å². The molecule has 4 heteroatoms. The third kappa shape index (κ3) is 27.2. The summed E-state index contributed by atoms with van der Waals surface area (Å²) >= 11 is 0. The monoisotopic (exact) mass is 481 g/mol. The van der Waals surface area contributed by atoms with Gasteiger partial charge in [-0.2, -0.15) is 0 Å². The molecule has 0 bridgehead atoms. The summed E-state index contributed by atoms with van der Waals surface area (Å²) < 4.78 is 5.27. The third-order valence-electron chi connectivity index (χ3n) is 6.65. The van der Waals surface area contributed by atoms with Crippen molar-refractivity contribution >= 4 is 11.9 Å². The molecule has 202 valence electrons. The molecule has 0 aromatic rings. The Kier molecular flexibility index (Phi) is 27.3. The molecule has 1 amide bonds. The number of carbonyl (C=O) groups is 2. The van der Waals surface area contributed by atoms with E-state index >= 15 is 0 Å². The van der Waals surface area contributed by atoms with Crippen LogP contribution < -0.4 is 5.32 Å². The van der Waals surface area contributed by atoms with E-state index in [0.717, 1.165) is 25.8 Å². The van der Waals surface area contributed by atoms with Gasteiger partial charge < -0.3 is 10.1 Å². The highest BCUT2D eigenvalue weighted by atomic mass is 16.5. The quantitative estimate of drug-likeness (QED) is 0.0940. The summed E-state index contributed by atoms with van der Waals surface area (Å²) in [5, 5.41) is 2.97. The molecular weight excluding hydrogens is 422 g/mol. The minimum absolute atomic E-state index is 0.0759. The molecule has 0 saturated carbocycles. The van der Waals surface area contributed by atoms with E-state index in [1.165, 1.54) is 116 Å². The lowest BCUT2D eigenvalue weighted by molar-refractivity contribution is -0.144. The molecule has 0 radical (unpaired) electrons. The maximum atomic E-state index is 11.8. The average molecular weight is 482 g/mol. The summed E-state index contributed by atoms with van der Waals surface area (Å²) in [4.78, 5) is 23.6. The van der Waals surface area contributed by atoms with Crippen molar-refractivity contribution in [2.24, 2.45) is 0 Å². The van der Waals surface area contributed by atoms with E-state index in [4.69, 9.17) is 4.74 Å². The van der Waals surface area contributed by atoms with Gasteiger partial charge in [-0.3, -0.25) is 9.59 Å². The number of hydrogen-bond acceptors (Lipinski definition) is 3. The smallest absolute Gasteiger partial charge is 0.305 e. The van der Waals surface area contributed by atoms with E-state index in [1.54, 1.807) is 0 Å². The molecule has 0 rings (SSSR count). The molecule has 0 aliphatic rings. The minimum Gasteiger partial charge on any atom is -0.466 e. The molecule has 0 aromatic heterocycles. The predicted molar refractivity (Wildman–Crippen MR) is 146 cm³/mol. The lowest BCUT2D eigenvalue weighted by Gasteiger charge is -2.07. The van der Waals surface area contributed by atoms with E-state index in [-0.39, 0.29) is 11.9 Å². The van der Waals surface area contributed by atoms with Crippen LogP contribution in [0.15, 0.2) is 0 Å². The molecule has 0 aliphatic carbocycles. The van der Waals surface area contributed by atoms with Gasteiger partial charge in [0, 0.05) is 19.4 Å². The van der Waals surface area contributed by atoms with Crippen LogP contribution in [0.5, 0.6) is 0 Å². The van der Waals surface area contributed by atoms with Crippen molar-refractivity contribution < 1.29 is 14.3 Å². The normalized spacial score (nSPS) is 11.0. The Morgan fingerprint density at radius 3 is 1.38 bits per heavy atom. The molecule has 0 saturated heterocycles. The fourth-order valence-corrected chi connectivity index (χ4v) is 4.35. The summed E-state index contributed by atoms with van der Waals surface area (Å²) in [6, 6.07) is 0. The van der Waals surface area contributed by atoms with Crippen LogP contribution in [-0.2, 0) is 14.3 Å². The van der Waals surface area contributed by atoms with Gasteiger partial charge in [-0.25, -0.2) is 0 Å². The van der Waals surface area contributed by atoms with Gasteiger partial charge in [0.2, 0.25) is 5.91 Å². The second-order valence-electron chi connectivity index (χ2n) is 10.1. The summed E-state index contributed by atoms with van der Waals surface area (Å²) in [6.45, 7) is 5.63. The van der Waals surface area contributed by atoms with Gasteiger partial charge in [0.1, 0.15) is 0 Å². The Labute approximate surface area is 212 Å². The Hall–Kier alpha value is -1.06. The van der Waals surface area contributed by atoms with Gasteiger partial charge in [0.25, 0.3) is 0 Å². The molecule has 4 nitrogen and oxygen atoms in total. The average Bonchev–Trinajstić information content (AvgIpc) is 2.83. The molecule has 0 aromatic carbocycles. The SMILES string of the molecule is CCCCCCCCCCCCCCCCCC(=O)OCCCC(=O)NCCCCCCCC. The second-order valence-corrected chi connectivity index (χ2v) is 10.1. The summed E-state index contributed by atoms with van der Waals surface area (Å²) in [6.07, 6.45) is 28.9. The summed E-state index contributed by atoms with van der Waals surface area (Å²) in [5.41, 5.74) is 0. The second kappa shape index (κ2) is 28.2. The number of amides is 1. The van der Waals surface area contributed by atoms with Gasteiger partial charge in [0.15, 0.2) is 0 Å². The first kappa shape index (κ1) is 32.9. The minimum atomic E-state index is -0.109. The zero-order valence-electron chi connectivity index (χ0n) is 23.1. The fraction of sp³-hybridized carbons (Fsp3) is 0.933. The zero-order chi connectivity index (χ0) is 25.0. The first-order valence-electron chi connectivity index (χ1n) is 15.1. The topological polar surface area (TPSA) is 55.4 Å². The van der Waals surface area contributed by atoms with Crippen LogP contribution in [0.1, 0.15) is 168 Å². The van der Waals surface area contributed by atoms with E-state index in [0.29, 0.717) is 25.9 Å². The van der Waals surface area contributed by atoms with Gasteiger partial charge >= 0.3 is 5.97 Å². The molecule has 0 unspecified atom stereocenters. The van der Waals surface area contributed by atoms with Crippen molar-refractivity contribution in [2.45, 2.75) is 168 Å². The molecule has 0 fully saturated rings. The first-order valence-corrected chi connectivity index (χ1v) is 15.1. The molecule has 0 heterocycles. The Morgan fingerprint density at radius 1 is 0.500 bits per heavy atom. The molecule has 34 heavy (non-hydrogen) atoms. The van der Waals surface area contributed by atoms with Crippen molar-refractivity contribution in [3.8, 4) is 0 Å². The van der Waals surface area contributed by atoms with E-state index in [1.807, 2.05) is 0 Å². The van der Waals surface area contributed by atoms with E-state index in [2.05, 4.69) is 19.2 Å². The first-order chi connectivity index (χ1) is 16.7. The Bertz CT molecular complexity index is 439. The van der Waals surface area contributed by atoms with Crippen molar-refractivity contribution in [1.82, 2.24) is 5.32 Å². The standard InChI is InChI=1S/C30H59NO3/c1-3-5-7-9-11-12-13-14-15-16-17-18-19-20-22-26-30(33)34-28-24-25-29(32)31-27-23-21-10-8-6-4-2/h3-28H2,1-2H3,(H,31,32). The number of rotatable bonds is 27. The van der Waals surface area contributed by atoms with Gasteiger partial charge in [-0.15, -0.1) is 0 Å². The lowest BCUT2D eigenvalue weighted by atomic mass is 10.0. The number of carbonyl (C=O) groups excluding carboxylic acids is 2. The fourth-order valence-electron chi connectivity index (χ4n) is 4.35. The highest BCUT2D eigenvalue weighted by molar-refractivity contribution is 5.75. The van der Waals surface area contributed by atoms with Crippen molar-refractivity contribution in [1.29, 1.82) is 0 Å². The lowest BCUT2D eigenvalue weighted by Crippen LogP contribution is -2.24. The van der Waals surface area contributed by atoms with Crippen molar-refractivity contribution in [3.05, 3.63) is 0 Å². The maximum absolute atomic E-state index is 11.8. The Balaban J connectivity index is 3.25. The number of hydrogen-bond donors (Lipinski definition) is 1. The molecular formula is C30H59NO3. The summed E-state index contributed by atoms with van der Waals surface area (Å²) in [7, 11) is 0. The maximum Gasteiger partial charge on any atom is 0.305 e. The molecule has 0 aliphatic heterocycles. The summed E-state index contributed by atoms with van der Waals surface area (Å²) in [5.74, 6) is -0.0332. The van der Waals surface area contributed by atoms with Crippen LogP contribution in [0.2, 0.25) is 0 Å². The van der Waals surface area contributed by atoms with Gasteiger partial charge in [-0.05, 0) is 19.3 Å². The predicted octanol–water partition coefficient (Wildman–Crippen LogP) is 9.05. The van der Waals surface area contributed by atoms with Crippen molar-refractivity contribution in [3.63, 3.8) is 0 Å². The van der Waals surface area contributed by atoms with Gasteiger partial charge in [0.05, 0.1) is 6.61 Å². The van der Waals surface area contributed by atoms with Gasteiger partial charge in [-0.1, -0.05) is 136 Å². The molecule has 0 atom stereocenters. The largest absolute Gasteiger partial charge is 0.466 e. The highest BCUT2D eigenvalue weighted by Gasteiger charge is 2.05. The molecule has 1 N–H and O–H groups in total. The molecule has 0 spiro atoms. The van der Waals surface area contributed by atoms with Crippen LogP contribution in [-0.4, -0.2) is 25.0 Å². The number of esters is 1. The van der Waals surface area contributed by atoms with Crippen LogP contribution in [0.25, 0.3) is 0 Å². The van der Waals surface area contributed by atoms with Crippen molar-refractivity contribution in [2.75, 3.05) is 13.2 Å². The third-order valence-corrected chi connectivity index (χ3v) is 6.65. The Morgan fingerprint density at radius 2 is 0.912 bits per heavy atom. The number of nitrogens with one attached hydrogen (secondary N) is 1. The van der Waals surface area contributed by atoms with Crippen LogP contribution in [0, 0.1) is 0 Å². The highest BCUT2D eigenvalue weighted by Crippen LogP contribution is 2.14. The van der Waals surface area contributed by atoms with E-state index < -0.39 is 0 Å². The van der Waals surface area contributed by atoms with E-state index in [9.17, 15) is 9.59 Å². The number of unbranched alkanes of at least 4 members (excludes halogenated alkanes) is 19. The number of ether oxygens (including phenoxy) is 1. The zero-order valence-corrected chi connectivity index (χ0v) is 23.1. The van der Waals surface area contributed by atoms with Crippen LogP contribution >= 0.6 is 0 Å². The van der Waals surface area contributed by atoms with Crippen LogP contribution in [0.4, 0.5) is 0 Å².